The predicted octanol–water partition coefficient (Wildman–Crippen LogP) is 2.77. The highest BCUT2D eigenvalue weighted by atomic mass is 19.1. The fourth-order valence-electron chi connectivity index (χ4n) is 2.05. The first-order valence-corrected chi connectivity index (χ1v) is 4.87. The van der Waals surface area contributed by atoms with Gasteiger partial charge in [-0.2, -0.15) is 0 Å². The number of carbonyl (C=O) groups is 1. The molecule has 0 heterocycles. The fraction of sp³-hybridized carbons (Fsp3) is 0.250. The molecule has 1 aliphatic carbocycles. The molecule has 0 saturated heterocycles. The third kappa shape index (κ3) is 1.71. The number of carboxylic acid groups (broad SMARTS) is 1. The zero-order valence-corrected chi connectivity index (χ0v) is 8.68. The van der Waals surface area contributed by atoms with E-state index >= 15 is 0 Å². The monoisotopic (exact) mass is 224 g/mol. The zero-order chi connectivity index (χ0) is 11.9. The molecule has 0 radical (unpaired) electrons. The Morgan fingerprint density at radius 1 is 1.44 bits per heavy atom. The van der Waals surface area contributed by atoms with Gasteiger partial charge in [-0.3, -0.25) is 4.79 Å². The van der Waals surface area contributed by atoms with E-state index in [0.717, 1.165) is 11.6 Å². The second kappa shape index (κ2) is 3.70. The van der Waals surface area contributed by atoms with Gasteiger partial charge >= 0.3 is 5.97 Å². The van der Waals surface area contributed by atoms with Gasteiger partial charge in [-0.05, 0) is 36.1 Å². The van der Waals surface area contributed by atoms with E-state index in [2.05, 4.69) is 0 Å². The van der Waals surface area contributed by atoms with E-state index in [1.54, 1.807) is 6.92 Å². The number of aliphatic carboxylic acids is 1. The molecule has 4 heteroatoms. The van der Waals surface area contributed by atoms with Gasteiger partial charge in [0.1, 0.15) is 11.6 Å². The van der Waals surface area contributed by atoms with Crippen LogP contribution in [0.15, 0.2) is 17.7 Å². The smallest absolute Gasteiger partial charge is 0.307 e. The molecule has 1 aromatic carbocycles. The normalized spacial score (nSPS) is 14.2. The number of benzene rings is 1. The van der Waals surface area contributed by atoms with Crippen molar-refractivity contribution in [2.75, 3.05) is 0 Å². The van der Waals surface area contributed by atoms with Crippen LogP contribution in [-0.2, 0) is 11.2 Å². The zero-order valence-electron chi connectivity index (χ0n) is 8.68. The minimum absolute atomic E-state index is 0.193. The van der Waals surface area contributed by atoms with E-state index in [-0.39, 0.29) is 6.42 Å². The third-order valence-corrected chi connectivity index (χ3v) is 2.77. The van der Waals surface area contributed by atoms with Gasteiger partial charge in [0, 0.05) is 6.07 Å². The molecule has 0 spiro atoms. The average molecular weight is 224 g/mol. The van der Waals surface area contributed by atoms with Crippen LogP contribution in [-0.4, -0.2) is 11.1 Å². The van der Waals surface area contributed by atoms with Gasteiger partial charge in [0.15, 0.2) is 0 Å². The van der Waals surface area contributed by atoms with E-state index in [1.807, 2.05) is 0 Å². The number of rotatable bonds is 2. The Hall–Kier alpha value is -1.71. The van der Waals surface area contributed by atoms with Crippen LogP contribution in [0.3, 0.4) is 0 Å². The maximum Gasteiger partial charge on any atom is 0.307 e. The van der Waals surface area contributed by atoms with Crippen LogP contribution in [0.2, 0.25) is 0 Å². The molecule has 1 aromatic rings. The molecule has 0 fully saturated rings. The maximum absolute atomic E-state index is 13.4. The minimum Gasteiger partial charge on any atom is -0.481 e. The molecule has 0 saturated carbocycles. The standard InChI is InChI=1S/C12H10F2O2/c1-6-2-10-9(8(6)5-12(15)16)3-7(13)4-11(10)14/h3-4H,2,5H2,1H3,(H,15,16). The van der Waals surface area contributed by atoms with Crippen LogP contribution in [0.1, 0.15) is 24.5 Å². The van der Waals surface area contributed by atoms with Crippen LogP contribution in [0.4, 0.5) is 8.78 Å². The summed E-state index contributed by atoms with van der Waals surface area (Å²) in [6, 6.07) is 2.03. The Bertz CT molecular complexity index is 504. The van der Waals surface area contributed by atoms with Crippen molar-refractivity contribution in [2.24, 2.45) is 0 Å². The highest BCUT2D eigenvalue weighted by Crippen LogP contribution is 2.36. The molecule has 2 nitrogen and oxygen atoms in total. The molecule has 2 rings (SSSR count). The summed E-state index contributed by atoms with van der Waals surface area (Å²) in [4.78, 5) is 10.7. The summed E-state index contributed by atoms with van der Waals surface area (Å²) in [6.07, 6.45) is 0.172. The molecule has 0 atom stereocenters. The van der Waals surface area contributed by atoms with Crippen LogP contribution in [0.5, 0.6) is 0 Å². The van der Waals surface area contributed by atoms with Crippen LogP contribution < -0.4 is 0 Å². The molecule has 1 aliphatic rings. The number of hydrogen-bond acceptors (Lipinski definition) is 1. The Kier molecular flexibility index (Phi) is 2.50. The molecule has 0 aromatic heterocycles. The molecule has 0 aliphatic heterocycles. The Balaban J connectivity index is 2.52. The molecular formula is C12H10F2O2. The first kappa shape index (κ1) is 10.8. The van der Waals surface area contributed by atoms with Crippen molar-refractivity contribution in [1.82, 2.24) is 0 Å². The first-order valence-electron chi connectivity index (χ1n) is 4.87. The van der Waals surface area contributed by atoms with E-state index in [9.17, 15) is 13.6 Å². The van der Waals surface area contributed by atoms with E-state index < -0.39 is 17.6 Å². The maximum atomic E-state index is 13.4. The molecule has 16 heavy (non-hydrogen) atoms. The van der Waals surface area contributed by atoms with Crippen molar-refractivity contribution < 1.29 is 18.7 Å². The van der Waals surface area contributed by atoms with Gasteiger partial charge in [0.05, 0.1) is 6.42 Å². The van der Waals surface area contributed by atoms with E-state index in [4.69, 9.17) is 5.11 Å². The predicted molar refractivity (Wildman–Crippen MR) is 54.9 cm³/mol. The van der Waals surface area contributed by atoms with Crippen molar-refractivity contribution in [3.63, 3.8) is 0 Å². The Morgan fingerprint density at radius 3 is 2.75 bits per heavy atom. The minimum atomic E-state index is -0.994. The number of halogens is 2. The average Bonchev–Trinajstić information content (AvgIpc) is 2.45. The molecule has 0 amide bonds. The summed E-state index contributed by atoms with van der Waals surface area (Å²) in [5.74, 6) is -2.27. The second-order valence-corrected chi connectivity index (χ2v) is 3.92. The summed E-state index contributed by atoms with van der Waals surface area (Å²) in [7, 11) is 0. The number of fused-ring (bicyclic) bond motifs is 1. The Labute approximate surface area is 91.2 Å². The highest BCUT2D eigenvalue weighted by molar-refractivity contribution is 5.88. The number of hydrogen-bond donors (Lipinski definition) is 1. The summed E-state index contributed by atoms with van der Waals surface area (Å²) < 4.78 is 26.5. The van der Waals surface area contributed by atoms with Gasteiger partial charge in [-0.1, -0.05) is 5.57 Å². The van der Waals surface area contributed by atoms with E-state index in [0.29, 0.717) is 23.1 Å². The quantitative estimate of drug-likeness (QED) is 0.838. The molecule has 0 bridgehead atoms. The van der Waals surface area contributed by atoms with Crippen molar-refractivity contribution in [3.05, 3.63) is 40.5 Å². The van der Waals surface area contributed by atoms with Gasteiger partial charge in [0.25, 0.3) is 0 Å². The molecule has 0 unspecified atom stereocenters. The van der Waals surface area contributed by atoms with Crippen molar-refractivity contribution >= 4 is 11.5 Å². The third-order valence-electron chi connectivity index (χ3n) is 2.77. The lowest BCUT2D eigenvalue weighted by Gasteiger charge is -2.04. The van der Waals surface area contributed by atoms with E-state index in [1.165, 1.54) is 6.07 Å². The summed E-state index contributed by atoms with van der Waals surface area (Å²) in [6.45, 7) is 1.75. The summed E-state index contributed by atoms with van der Waals surface area (Å²) >= 11 is 0. The SMILES string of the molecule is CC1=C(CC(=O)O)c2cc(F)cc(F)c2C1. The second-order valence-electron chi connectivity index (χ2n) is 3.92. The van der Waals surface area contributed by atoms with Crippen molar-refractivity contribution in [3.8, 4) is 0 Å². The first-order chi connectivity index (χ1) is 7.49. The van der Waals surface area contributed by atoms with Gasteiger partial charge in [0.2, 0.25) is 0 Å². The lowest BCUT2D eigenvalue weighted by Crippen LogP contribution is -1.98. The Morgan fingerprint density at radius 2 is 2.12 bits per heavy atom. The summed E-state index contributed by atoms with van der Waals surface area (Å²) in [5, 5.41) is 8.73. The lowest BCUT2D eigenvalue weighted by molar-refractivity contribution is -0.135. The number of allylic oxidation sites excluding steroid dienone is 1. The van der Waals surface area contributed by atoms with Crippen molar-refractivity contribution in [2.45, 2.75) is 19.8 Å². The van der Waals surface area contributed by atoms with Crippen LogP contribution in [0, 0.1) is 11.6 Å². The highest BCUT2D eigenvalue weighted by Gasteiger charge is 2.24. The summed E-state index contributed by atoms with van der Waals surface area (Å²) in [5.41, 5.74) is 2.12. The molecular weight excluding hydrogens is 214 g/mol. The molecule has 1 N–H and O–H groups in total. The van der Waals surface area contributed by atoms with Gasteiger partial charge in [-0.25, -0.2) is 8.78 Å². The molecule has 84 valence electrons. The van der Waals surface area contributed by atoms with Crippen LogP contribution >= 0.6 is 0 Å². The van der Waals surface area contributed by atoms with Gasteiger partial charge < -0.3 is 5.11 Å². The fourth-order valence-corrected chi connectivity index (χ4v) is 2.05. The largest absolute Gasteiger partial charge is 0.481 e. The van der Waals surface area contributed by atoms with Crippen molar-refractivity contribution in [1.29, 1.82) is 0 Å². The lowest BCUT2D eigenvalue weighted by atomic mass is 10.0. The van der Waals surface area contributed by atoms with Crippen LogP contribution in [0.25, 0.3) is 5.57 Å². The topological polar surface area (TPSA) is 37.3 Å². The van der Waals surface area contributed by atoms with Gasteiger partial charge in [-0.15, -0.1) is 0 Å². The number of carboxylic acids is 1.